The molecule has 2 rings (SSSR count). The zero-order chi connectivity index (χ0) is 17.1. The normalized spacial score (nSPS) is 13.7. The van der Waals surface area contributed by atoms with Crippen LogP contribution >= 0.6 is 10.6 Å². The fourth-order valence-corrected chi connectivity index (χ4v) is 5.66. The Morgan fingerprint density at radius 2 is 1.22 bits per heavy atom. The van der Waals surface area contributed by atoms with Crippen molar-refractivity contribution < 1.29 is 29.4 Å². The fourth-order valence-electron chi connectivity index (χ4n) is 1.80. The quantitative estimate of drug-likeness (QED) is 0.743. The second-order valence-electron chi connectivity index (χ2n) is 4.26. The van der Waals surface area contributed by atoms with Crippen molar-refractivity contribution in [1.29, 1.82) is 0 Å². The Morgan fingerprint density at radius 3 is 1.52 bits per heavy atom. The Morgan fingerprint density at radius 1 is 0.826 bits per heavy atom. The monoisotopic (exact) mass is 366 g/mol. The van der Waals surface area contributed by atoms with Gasteiger partial charge in [0.05, 0.1) is 16.9 Å². The molecular formula is C14H13F3O4S2. The molecule has 2 aromatic rings. The summed E-state index contributed by atoms with van der Waals surface area (Å²) < 4.78 is 71.3. The lowest BCUT2D eigenvalue weighted by Gasteiger charge is -2.40. The molecule has 23 heavy (non-hydrogen) atoms. The first-order chi connectivity index (χ1) is 10.7. The summed E-state index contributed by atoms with van der Waals surface area (Å²) >= 11 is 0. The molecule has 0 N–H and O–H groups in total. The van der Waals surface area contributed by atoms with E-state index in [2.05, 4.69) is 3.63 Å². The molecule has 0 aliphatic carbocycles. The largest absolute Gasteiger partial charge is 0.524 e. The SMILES string of the molecule is COS(OS(=O)(=O)C(F)(F)F)(c1ccccc1)c1ccccc1. The molecule has 0 aliphatic rings. The lowest BCUT2D eigenvalue weighted by atomic mass is 10.4. The maximum absolute atomic E-state index is 12.8. The minimum Gasteiger partial charge on any atom is -0.277 e. The Hall–Kier alpha value is -1.55. The number of alkyl halides is 3. The minimum atomic E-state index is -5.85. The van der Waals surface area contributed by atoms with Crippen molar-refractivity contribution in [2.75, 3.05) is 7.11 Å². The van der Waals surface area contributed by atoms with Crippen LogP contribution in [0.2, 0.25) is 0 Å². The third-order valence-electron chi connectivity index (χ3n) is 2.81. The first-order valence-corrected chi connectivity index (χ1v) is 9.13. The third-order valence-corrected chi connectivity index (χ3v) is 7.12. The summed E-state index contributed by atoms with van der Waals surface area (Å²) in [6.07, 6.45) is 0. The summed E-state index contributed by atoms with van der Waals surface area (Å²) in [6.45, 7) is 0. The highest BCUT2D eigenvalue weighted by atomic mass is 32.3. The van der Waals surface area contributed by atoms with Gasteiger partial charge in [0.2, 0.25) is 0 Å². The average Bonchev–Trinajstić information content (AvgIpc) is 2.53. The van der Waals surface area contributed by atoms with Gasteiger partial charge in [-0.15, -0.1) is 14.2 Å². The standard InChI is InChI=1S/C14H13F3O4S2/c1-20-22(12-8-4-2-5-9-12,13-10-6-3-7-11-13)21-23(18,19)14(15,16)17/h2-11H,1H3. The van der Waals surface area contributed by atoms with Crippen LogP contribution in [0.25, 0.3) is 0 Å². The van der Waals surface area contributed by atoms with E-state index in [0.29, 0.717) is 0 Å². The molecule has 0 aromatic heterocycles. The molecule has 0 saturated heterocycles. The van der Waals surface area contributed by atoms with E-state index in [1.54, 1.807) is 36.4 Å². The van der Waals surface area contributed by atoms with Gasteiger partial charge in [-0.2, -0.15) is 21.6 Å². The summed E-state index contributed by atoms with van der Waals surface area (Å²) in [5, 5.41) is 0. The molecular weight excluding hydrogens is 353 g/mol. The van der Waals surface area contributed by atoms with Gasteiger partial charge in [-0.3, -0.25) is 4.18 Å². The zero-order valence-electron chi connectivity index (χ0n) is 11.9. The second kappa shape index (κ2) is 6.52. The van der Waals surface area contributed by atoms with E-state index in [1.165, 1.54) is 24.3 Å². The third kappa shape index (κ3) is 3.52. The van der Waals surface area contributed by atoms with Gasteiger partial charge in [-0.05, 0) is 24.3 Å². The van der Waals surface area contributed by atoms with Crippen LogP contribution in [0.4, 0.5) is 13.2 Å². The van der Waals surface area contributed by atoms with E-state index < -0.39 is 26.2 Å². The van der Waals surface area contributed by atoms with Crippen LogP contribution in [0.1, 0.15) is 0 Å². The van der Waals surface area contributed by atoms with Crippen LogP contribution in [0.5, 0.6) is 0 Å². The number of hydrogen-bond acceptors (Lipinski definition) is 4. The number of hydrogen-bond donors (Lipinski definition) is 0. The molecule has 0 amide bonds. The van der Waals surface area contributed by atoms with Crippen LogP contribution in [-0.2, 0) is 17.9 Å². The molecule has 126 valence electrons. The highest BCUT2D eigenvalue weighted by molar-refractivity contribution is 8.29. The molecule has 0 bridgehead atoms. The molecule has 0 atom stereocenters. The zero-order valence-corrected chi connectivity index (χ0v) is 13.5. The maximum atomic E-state index is 12.8. The number of halogens is 3. The molecule has 0 spiro atoms. The summed E-state index contributed by atoms with van der Waals surface area (Å²) in [4.78, 5) is 0.392. The summed E-state index contributed by atoms with van der Waals surface area (Å²) in [5.74, 6) is 0. The molecule has 4 nitrogen and oxygen atoms in total. The van der Waals surface area contributed by atoms with Gasteiger partial charge >= 0.3 is 15.6 Å². The number of rotatable bonds is 5. The van der Waals surface area contributed by atoms with Crippen molar-refractivity contribution in [1.82, 2.24) is 0 Å². The van der Waals surface area contributed by atoms with Crippen molar-refractivity contribution in [3.63, 3.8) is 0 Å². The topological polar surface area (TPSA) is 52.6 Å². The van der Waals surface area contributed by atoms with Gasteiger partial charge in [0.25, 0.3) is 0 Å². The fraction of sp³-hybridized carbons (Fsp3) is 0.143. The molecule has 2 aromatic carbocycles. The van der Waals surface area contributed by atoms with Gasteiger partial charge in [0.15, 0.2) is 0 Å². The molecule has 0 heterocycles. The molecule has 0 radical (unpaired) electrons. The molecule has 0 unspecified atom stereocenters. The number of benzene rings is 2. The average molecular weight is 366 g/mol. The van der Waals surface area contributed by atoms with E-state index in [1.807, 2.05) is 0 Å². The summed E-state index contributed by atoms with van der Waals surface area (Å²) in [5.41, 5.74) is -5.55. The first kappa shape index (κ1) is 17.8. The van der Waals surface area contributed by atoms with Crippen molar-refractivity contribution in [2.24, 2.45) is 0 Å². The molecule has 9 heteroatoms. The summed E-state index contributed by atoms with van der Waals surface area (Å²) in [6, 6.07) is 15.3. The van der Waals surface area contributed by atoms with Crippen molar-refractivity contribution >= 4 is 20.7 Å². The van der Waals surface area contributed by atoms with E-state index in [4.69, 9.17) is 4.18 Å². The van der Waals surface area contributed by atoms with Gasteiger partial charge in [-0.25, -0.2) is 0 Å². The Balaban J connectivity index is 2.66. The minimum absolute atomic E-state index is 0.196. The van der Waals surface area contributed by atoms with Crippen LogP contribution in [-0.4, -0.2) is 21.0 Å². The van der Waals surface area contributed by atoms with E-state index in [-0.39, 0.29) is 9.79 Å². The molecule has 0 aliphatic heterocycles. The summed E-state index contributed by atoms with van der Waals surface area (Å²) in [7, 11) is -8.08. The Kier molecular flexibility index (Phi) is 5.04. The van der Waals surface area contributed by atoms with Crippen molar-refractivity contribution in [3.8, 4) is 0 Å². The van der Waals surface area contributed by atoms with Crippen molar-refractivity contribution in [3.05, 3.63) is 60.7 Å². The van der Waals surface area contributed by atoms with Crippen molar-refractivity contribution in [2.45, 2.75) is 15.3 Å². The highest BCUT2D eigenvalue weighted by Crippen LogP contribution is 2.65. The van der Waals surface area contributed by atoms with Crippen LogP contribution in [0, 0.1) is 0 Å². The Bertz CT molecular complexity index is 707. The van der Waals surface area contributed by atoms with Crippen LogP contribution in [0.3, 0.4) is 0 Å². The van der Waals surface area contributed by atoms with Gasteiger partial charge in [-0.1, -0.05) is 36.4 Å². The smallest absolute Gasteiger partial charge is 0.277 e. The predicted octanol–water partition coefficient (Wildman–Crippen LogP) is 4.25. The van der Waals surface area contributed by atoms with Crippen LogP contribution < -0.4 is 0 Å². The van der Waals surface area contributed by atoms with Gasteiger partial charge in [0, 0.05) is 0 Å². The second-order valence-corrected chi connectivity index (χ2v) is 8.46. The van der Waals surface area contributed by atoms with Crippen LogP contribution in [0.15, 0.2) is 70.5 Å². The lowest BCUT2D eigenvalue weighted by molar-refractivity contribution is -0.0499. The molecule has 0 saturated carbocycles. The highest BCUT2D eigenvalue weighted by Gasteiger charge is 2.51. The van der Waals surface area contributed by atoms with Gasteiger partial charge < -0.3 is 0 Å². The maximum Gasteiger partial charge on any atom is 0.524 e. The lowest BCUT2D eigenvalue weighted by Crippen LogP contribution is -2.27. The first-order valence-electron chi connectivity index (χ1n) is 6.24. The van der Waals surface area contributed by atoms with Gasteiger partial charge in [0.1, 0.15) is 0 Å². The predicted molar refractivity (Wildman–Crippen MR) is 80.1 cm³/mol. The van der Waals surface area contributed by atoms with E-state index >= 15 is 0 Å². The van der Waals surface area contributed by atoms with E-state index in [0.717, 1.165) is 7.11 Å². The molecule has 0 fully saturated rings. The Labute approximate surface area is 133 Å². The van der Waals surface area contributed by atoms with E-state index in [9.17, 15) is 21.6 Å².